The van der Waals surface area contributed by atoms with Crippen molar-refractivity contribution in [2.75, 3.05) is 0 Å². The van der Waals surface area contributed by atoms with Crippen LogP contribution in [0.15, 0.2) is 59.5 Å². The minimum absolute atomic E-state index is 0.0141. The van der Waals surface area contributed by atoms with E-state index < -0.39 is 10.0 Å². The molecular weight excluding hydrogens is 306 g/mol. The lowest BCUT2D eigenvalue weighted by molar-refractivity contribution is 0.193. The summed E-state index contributed by atoms with van der Waals surface area (Å²) >= 11 is 0. The van der Waals surface area contributed by atoms with E-state index in [1.165, 1.54) is 0 Å². The summed E-state index contributed by atoms with van der Waals surface area (Å²) < 4.78 is 28.2. The van der Waals surface area contributed by atoms with Crippen molar-refractivity contribution in [2.24, 2.45) is 0 Å². The number of rotatable bonds is 3. The van der Waals surface area contributed by atoms with Gasteiger partial charge in [-0.3, -0.25) is 0 Å². The van der Waals surface area contributed by atoms with E-state index in [0.29, 0.717) is 4.90 Å². The quantitative estimate of drug-likeness (QED) is 0.842. The van der Waals surface area contributed by atoms with Gasteiger partial charge in [0.05, 0.1) is 10.9 Å². The molecule has 3 rings (SSSR count). The molecule has 122 valence electrons. The minimum atomic E-state index is -3.49. The van der Waals surface area contributed by atoms with Crippen LogP contribution >= 0.6 is 0 Å². The molecule has 4 heteroatoms. The third-order valence-electron chi connectivity index (χ3n) is 4.62. The Morgan fingerprint density at radius 1 is 0.957 bits per heavy atom. The highest BCUT2D eigenvalue weighted by Gasteiger charge is 2.38. The van der Waals surface area contributed by atoms with Crippen molar-refractivity contribution in [3.8, 4) is 0 Å². The average molecular weight is 329 g/mol. The van der Waals surface area contributed by atoms with Crippen LogP contribution in [0.1, 0.15) is 43.4 Å². The standard InChI is InChI=1S/C19H23NO2S/c1-15-11-13-18(14-12-15)23(21,22)20-16(2)7-6-10-19(20)17-8-4-3-5-9-17/h3-5,8-9,11-14,16,19H,6-7,10H2,1-2H3/t16-,19-/m0/s1. The van der Waals surface area contributed by atoms with Crippen LogP contribution in [-0.2, 0) is 10.0 Å². The predicted molar refractivity (Wildman–Crippen MR) is 92.7 cm³/mol. The van der Waals surface area contributed by atoms with Crippen LogP contribution in [0.3, 0.4) is 0 Å². The Hall–Kier alpha value is -1.65. The highest BCUT2D eigenvalue weighted by molar-refractivity contribution is 7.89. The molecule has 0 N–H and O–H groups in total. The van der Waals surface area contributed by atoms with E-state index >= 15 is 0 Å². The van der Waals surface area contributed by atoms with E-state index in [-0.39, 0.29) is 12.1 Å². The van der Waals surface area contributed by atoms with Gasteiger partial charge in [-0.05, 0) is 50.8 Å². The third kappa shape index (κ3) is 3.19. The van der Waals surface area contributed by atoms with Crippen molar-refractivity contribution in [1.82, 2.24) is 4.31 Å². The second kappa shape index (κ2) is 6.46. The Kier molecular flexibility index (Phi) is 4.55. The fourth-order valence-corrected chi connectivity index (χ4v) is 5.26. The summed E-state index contributed by atoms with van der Waals surface area (Å²) in [6.07, 6.45) is 2.84. The summed E-state index contributed by atoms with van der Waals surface area (Å²) in [5.74, 6) is 0. The van der Waals surface area contributed by atoms with Crippen molar-refractivity contribution >= 4 is 10.0 Å². The lowest BCUT2D eigenvalue weighted by atomic mass is 9.94. The number of hydrogen-bond acceptors (Lipinski definition) is 2. The van der Waals surface area contributed by atoms with Gasteiger partial charge in [0, 0.05) is 6.04 Å². The summed E-state index contributed by atoms with van der Waals surface area (Å²) in [6, 6.07) is 17.1. The van der Waals surface area contributed by atoms with Crippen LogP contribution in [-0.4, -0.2) is 18.8 Å². The SMILES string of the molecule is Cc1ccc(S(=O)(=O)N2[C@@H](C)CCC[C@H]2c2ccccc2)cc1. The Labute approximate surface area is 139 Å². The van der Waals surface area contributed by atoms with Gasteiger partial charge in [0.25, 0.3) is 0 Å². The molecular formula is C19H23NO2S. The van der Waals surface area contributed by atoms with Gasteiger partial charge < -0.3 is 0 Å². The molecule has 3 nitrogen and oxygen atoms in total. The first-order valence-electron chi connectivity index (χ1n) is 8.15. The fourth-order valence-electron chi connectivity index (χ4n) is 3.39. The molecule has 1 fully saturated rings. The minimum Gasteiger partial charge on any atom is -0.207 e. The van der Waals surface area contributed by atoms with Crippen LogP contribution in [0.2, 0.25) is 0 Å². The van der Waals surface area contributed by atoms with Crippen LogP contribution in [0.25, 0.3) is 0 Å². The largest absolute Gasteiger partial charge is 0.243 e. The maximum absolute atomic E-state index is 13.2. The molecule has 2 atom stereocenters. The second-order valence-corrected chi connectivity index (χ2v) is 8.20. The monoisotopic (exact) mass is 329 g/mol. The lowest BCUT2D eigenvalue weighted by Crippen LogP contribution is -2.44. The van der Waals surface area contributed by atoms with Crippen molar-refractivity contribution in [1.29, 1.82) is 0 Å². The highest BCUT2D eigenvalue weighted by atomic mass is 32.2. The molecule has 1 saturated heterocycles. The zero-order valence-electron chi connectivity index (χ0n) is 13.6. The van der Waals surface area contributed by atoms with Crippen LogP contribution in [0.4, 0.5) is 0 Å². The van der Waals surface area contributed by atoms with E-state index in [1.807, 2.05) is 56.3 Å². The molecule has 0 saturated carbocycles. The molecule has 2 aromatic carbocycles. The topological polar surface area (TPSA) is 37.4 Å². The number of sulfonamides is 1. The lowest BCUT2D eigenvalue weighted by Gasteiger charge is -2.39. The van der Waals surface area contributed by atoms with Gasteiger partial charge in [-0.15, -0.1) is 0 Å². The summed E-state index contributed by atoms with van der Waals surface area (Å²) in [5.41, 5.74) is 2.14. The van der Waals surface area contributed by atoms with Gasteiger partial charge in [-0.1, -0.05) is 48.0 Å². The first-order chi connectivity index (χ1) is 11.0. The van der Waals surface area contributed by atoms with Gasteiger partial charge in [0.15, 0.2) is 0 Å². The van der Waals surface area contributed by atoms with Gasteiger partial charge in [0.2, 0.25) is 10.0 Å². The molecule has 1 aliphatic rings. The molecule has 0 spiro atoms. The maximum atomic E-state index is 13.2. The Bertz CT molecular complexity index is 754. The molecule has 0 radical (unpaired) electrons. The molecule has 0 aliphatic carbocycles. The zero-order chi connectivity index (χ0) is 16.4. The van der Waals surface area contributed by atoms with E-state index in [0.717, 1.165) is 30.4 Å². The zero-order valence-corrected chi connectivity index (χ0v) is 14.5. The van der Waals surface area contributed by atoms with Crippen LogP contribution in [0, 0.1) is 6.92 Å². The van der Waals surface area contributed by atoms with E-state index in [9.17, 15) is 8.42 Å². The van der Waals surface area contributed by atoms with Gasteiger partial charge in [-0.2, -0.15) is 4.31 Å². The summed E-state index contributed by atoms with van der Waals surface area (Å²) in [7, 11) is -3.49. The summed E-state index contributed by atoms with van der Waals surface area (Å²) in [5, 5.41) is 0. The molecule has 1 aliphatic heterocycles. The molecule has 0 aromatic heterocycles. The normalized spacial score (nSPS) is 22.9. The first-order valence-corrected chi connectivity index (χ1v) is 9.59. The number of benzene rings is 2. The fraction of sp³-hybridized carbons (Fsp3) is 0.368. The molecule has 0 unspecified atom stereocenters. The van der Waals surface area contributed by atoms with Gasteiger partial charge in [0.1, 0.15) is 0 Å². The van der Waals surface area contributed by atoms with E-state index in [1.54, 1.807) is 16.4 Å². The summed E-state index contributed by atoms with van der Waals surface area (Å²) in [6.45, 7) is 3.98. The van der Waals surface area contributed by atoms with E-state index in [2.05, 4.69) is 0 Å². The van der Waals surface area contributed by atoms with Crippen LogP contribution in [0.5, 0.6) is 0 Å². The number of aryl methyl sites for hydroxylation is 1. The Morgan fingerprint density at radius 3 is 2.26 bits per heavy atom. The maximum Gasteiger partial charge on any atom is 0.243 e. The molecule has 0 bridgehead atoms. The van der Waals surface area contributed by atoms with E-state index in [4.69, 9.17) is 0 Å². The first kappa shape index (κ1) is 16.2. The van der Waals surface area contributed by atoms with Crippen molar-refractivity contribution in [3.63, 3.8) is 0 Å². The Balaban J connectivity index is 2.03. The van der Waals surface area contributed by atoms with Crippen molar-refractivity contribution in [2.45, 2.75) is 50.1 Å². The highest BCUT2D eigenvalue weighted by Crippen LogP contribution is 2.38. The summed E-state index contributed by atoms with van der Waals surface area (Å²) in [4.78, 5) is 0.387. The predicted octanol–water partition coefficient (Wildman–Crippen LogP) is 4.30. The number of hydrogen-bond donors (Lipinski definition) is 0. The van der Waals surface area contributed by atoms with Crippen molar-refractivity contribution in [3.05, 3.63) is 65.7 Å². The molecule has 23 heavy (non-hydrogen) atoms. The molecule has 1 heterocycles. The smallest absolute Gasteiger partial charge is 0.207 e. The number of nitrogens with zero attached hydrogens (tertiary/aromatic N) is 1. The molecule has 0 amide bonds. The second-order valence-electron chi connectivity index (χ2n) is 6.35. The van der Waals surface area contributed by atoms with Crippen molar-refractivity contribution < 1.29 is 8.42 Å². The Morgan fingerprint density at radius 2 is 1.61 bits per heavy atom. The number of piperidine rings is 1. The van der Waals surface area contributed by atoms with Gasteiger partial charge in [-0.25, -0.2) is 8.42 Å². The van der Waals surface area contributed by atoms with Crippen LogP contribution < -0.4 is 0 Å². The third-order valence-corrected chi connectivity index (χ3v) is 6.66. The average Bonchev–Trinajstić information content (AvgIpc) is 2.55. The van der Waals surface area contributed by atoms with Gasteiger partial charge >= 0.3 is 0 Å². The molecule has 2 aromatic rings.